The number of aromatic nitrogens is 1. The minimum Gasteiger partial charge on any atom is -0.372 e. The number of amides is 1. The summed E-state index contributed by atoms with van der Waals surface area (Å²) in [5.74, 6) is 0.433. The van der Waals surface area contributed by atoms with Gasteiger partial charge >= 0.3 is 0 Å². The van der Waals surface area contributed by atoms with Crippen LogP contribution in [0.5, 0.6) is 0 Å². The largest absolute Gasteiger partial charge is 0.372 e. The van der Waals surface area contributed by atoms with Crippen LogP contribution in [0.25, 0.3) is 0 Å². The third kappa shape index (κ3) is 3.74. The Morgan fingerprint density at radius 1 is 1.43 bits per heavy atom. The van der Waals surface area contributed by atoms with Crippen molar-refractivity contribution in [2.45, 2.75) is 6.54 Å². The van der Waals surface area contributed by atoms with Gasteiger partial charge in [-0.15, -0.1) is 0 Å². The van der Waals surface area contributed by atoms with E-state index in [0.29, 0.717) is 22.9 Å². The molecule has 2 rings (SSSR count). The molecule has 1 heterocycles. The maximum Gasteiger partial charge on any atom is 0.257 e. The van der Waals surface area contributed by atoms with Gasteiger partial charge < -0.3 is 10.2 Å². The first-order valence-electron chi connectivity index (χ1n) is 6.35. The number of hydrogen-bond acceptors (Lipinski definition) is 3. The number of benzene rings is 1. The van der Waals surface area contributed by atoms with Crippen molar-refractivity contribution in [3.05, 3.63) is 57.2 Å². The minimum atomic E-state index is -0.118. The summed E-state index contributed by atoms with van der Waals surface area (Å²) in [4.78, 5) is 18.4. The summed E-state index contributed by atoms with van der Waals surface area (Å²) in [6, 6.07) is 9.24. The fourth-order valence-corrected chi connectivity index (χ4v) is 2.49. The first-order valence-corrected chi connectivity index (χ1v) is 7.52. The summed E-state index contributed by atoms with van der Waals surface area (Å²) in [7, 11) is 3.48. The van der Waals surface area contributed by atoms with E-state index >= 15 is 0 Å². The number of rotatable bonds is 4. The first kappa shape index (κ1) is 15.8. The number of pyridine rings is 1. The van der Waals surface area contributed by atoms with E-state index in [4.69, 9.17) is 11.6 Å². The fourth-order valence-electron chi connectivity index (χ4n) is 1.96. The predicted octanol–water partition coefficient (Wildman–Crippen LogP) is 3.81. The molecule has 0 fully saturated rings. The van der Waals surface area contributed by atoms with E-state index in [0.717, 1.165) is 10.0 Å². The molecule has 110 valence electrons. The molecule has 4 nitrogen and oxygen atoms in total. The van der Waals surface area contributed by atoms with Gasteiger partial charge in [-0.1, -0.05) is 29.8 Å². The number of halogens is 2. The van der Waals surface area contributed by atoms with Gasteiger partial charge in [0.05, 0.1) is 5.56 Å². The lowest BCUT2D eigenvalue weighted by Gasteiger charge is -2.19. The van der Waals surface area contributed by atoms with Gasteiger partial charge in [-0.05, 0) is 33.6 Å². The summed E-state index contributed by atoms with van der Waals surface area (Å²) in [5, 5.41) is 3.58. The first-order chi connectivity index (χ1) is 10.0. The van der Waals surface area contributed by atoms with Crippen LogP contribution < -0.4 is 5.32 Å². The summed E-state index contributed by atoms with van der Waals surface area (Å²) >= 11 is 9.47. The van der Waals surface area contributed by atoms with E-state index in [9.17, 15) is 4.79 Å². The van der Waals surface area contributed by atoms with Crippen molar-refractivity contribution in [1.29, 1.82) is 0 Å². The molecule has 0 spiro atoms. The SMILES string of the molecule is CNc1ncc(Br)cc1C(=O)N(C)Cc1ccccc1Cl. The molecule has 1 aromatic heterocycles. The van der Waals surface area contributed by atoms with E-state index in [-0.39, 0.29) is 5.91 Å². The topological polar surface area (TPSA) is 45.2 Å². The number of hydrogen-bond donors (Lipinski definition) is 1. The molecule has 6 heteroatoms. The predicted molar refractivity (Wildman–Crippen MR) is 88.7 cm³/mol. The molecule has 0 bridgehead atoms. The Balaban J connectivity index is 2.24. The maximum absolute atomic E-state index is 12.6. The van der Waals surface area contributed by atoms with Crippen molar-refractivity contribution in [1.82, 2.24) is 9.88 Å². The lowest BCUT2D eigenvalue weighted by Crippen LogP contribution is -2.27. The lowest BCUT2D eigenvalue weighted by molar-refractivity contribution is 0.0785. The van der Waals surface area contributed by atoms with Gasteiger partial charge in [-0.25, -0.2) is 4.98 Å². The van der Waals surface area contributed by atoms with Gasteiger partial charge in [-0.3, -0.25) is 4.79 Å². The van der Waals surface area contributed by atoms with Crippen LogP contribution >= 0.6 is 27.5 Å². The van der Waals surface area contributed by atoms with E-state index in [1.807, 2.05) is 24.3 Å². The number of carbonyl (C=O) groups is 1. The quantitative estimate of drug-likeness (QED) is 0.892. The fraction of sp³-hybridized carbons (Fsp3) is 0.200. The molecule has 2 aromatic rings. The van der Waals surface area contributed by atoms with Crippen LogP contribution in [0.15, 0.2) is 41.0 Å². The van der Waals surface area contributed by atoms with Gasteiger partial charge in [0.25, 0.3) is 5.91 Å². The Morgan fingerprint density at radius 3 is 2.81 bits per heavy atom. The van der Waals surface area contributed by atoms with Crippen LogP contribution in [0.4, 0.5) is 5.82 Å². The van der Waals surface area contributed by atoms with Gasteiger partial charge in [0.2, 0.25) is 0 Å². The molecular weight excluding hydrogens is 354 g/mol. The zero-order valence-electron chi connectivity index (χ0n) is 11.7. The second kappa shape index (κ2) is 6.91. The van der Waals surface area contributed by atoms with E-state index < -0.39 is 0 Å². The molecule has 1 aromatic carbocycles. The van der Waals surface area contributed by atoms with Crippen molar-refractivity contribution in [3.63, 3.8) is 0 Å². The molecule has 21 heavy (non-hydrogen) atoms. The van der Waals surface area contributed by atoms with Gasteiger partial charge in [0.15, 0.2) is 0 Å². The molecular formula is C15H15BrClN3O. The summed E-state index contributed by atoms with van der Waals surface area (Å²) in [5.41, 5.74) is 1.42. The molecule has 0 aliphatic rings. The highest BCUT2D eigenvalue weighted by atomic mass is 79.9. The molecule has 0 aliphatic carbocycles. The summed E-state index contributed by atoms with van der Waals surface area (Å²) in [6.07, 6.45) is 1.65. The lowest BCUT2D eigenvalue weighted by atomic mass is 10.2. The molecule has 0 unspecified atom stereocenters. The molecule has 0 aliphatic heterocycles. The Labute approximate surface area is 137 Å². The van der Waals surface area contributed by atoms with Gasteiger partial charge in [0.1, 0.15) is 5.82 Å². The van der Waals surface area contributed by atoms with Crippen LogP contribution in [0, 0.1) is 0 Å². The van der Waals surface area contributed by atoms with E-state index in [2.05, 4.69) is 26.2 Å². The van der Waals surface area contributed by atoms with Gasteiger partial charge in [-0.2, -0.15) is 0 Å². The molecule has 1 N–H and O–H groups in total. The highest BCUT2D eigenvalue weighted by Gasteiger charge is 2.17. The van der Waals surface area contributed by atoms with Crippen molar-refractivity contribution in [2.24, 2.45) is 0 Å². The van der Waals surface area contributed by atoms with Crippen LogP contribution in [0.2, 0.25) is 5.02 Å². The van der Waals surface area contributed by atoms with Crippen LogP contribution in [-0.2, 0) is 6.54 Å². The Bertz CT molecular complexity index is 663. The van der Waals surface area contributed by atoms with Crippen LogP contribution in [0.1, 0.15) is 15.9 Å². The number of nitrogens with zero attached hydrogens (tertiary/aromatic N) is 2. The minimum absolute atomic E-state index is 0.118. The van der Waals surface area contributed by atoms with Gasteiger partial charge in [0, 0.05) is 36.3 Å². The Morgan fingerprint density at radius 2 is 2.14 bits per heavy atom. The molecule has 1 amide bonds. The maximum atomic E-state index is 12.6. The van der Waals surface area contributed by atoms with Crippen molar-refractivity contribution < 1.29 is 4.79 Å². The third-order valence-corrected chi connectivity index (χ3v) is 3.84. The van der Waals surface area contributed by atoms with Crippen molar-refractivity contribution in [2.75, 3.05) is 19.4 Å². The monoisotopic (exact) mass is 367 g/mol. The van der Waals surface area contributed by atoms with Crippen molar-refractivity contribution >= 4 is 39.3 Å². The average molecular weight is 369 g/mol. The summed E-state index contributed by atoms with van der Waals surface area (Å²) < 4.78 is 0.760. The van der Waals surface area contributed by atoms with E-state index in [1.54, 1.807) is 31.3 Å². The van der Waals surface area contributed by atoms with E-state index in [1.165, 1.54) is 0 Å². The molecule has 0 saturated carbocycles. The standard InChI is InChI=1S/C15H15BrClN3O/c1-18-14-12(7-11(16)8-19-14)15(21)20(2)9-10-5-3-4-6-13(10)17/h3-8H,9H2,1-2H3,(H,18,19). The third-order valence-electron chi connectivity index (χ3n) is 3.03. The molecule has 0 radical (unpaired) electrons. The highest BCUT2D eigenvalue weighted by molar-refractivity contribution is 9.10. The highest BCUT2D eigenvalue weighted by Crippen LogP contribution is 2.21. The summed E-state index contributed by atoms with van der Waals surface area (Å²) in [6.45, 7) is 0.439. The Hall–Kier alpha value is -1.59. The number of nitrogens with one attached hydrogen (secondary N) is 1. The number of carbonyl (C=O) groups excluding carboxylic acids is 1. The normalized spacial score (nSPS) is 10.3. The second-order valence-electron chi connectivity index (χ2n) is 4.55. The molecule has 0 saturated heterocycles. The smallest absolute Gasteiger partial charge is 0.257 e. The second-order valence-corrected chi connectivity index (χ2v) is 5.88. The van der Waals surface area contributed by atoms with Crippen LogP contribution in [0.3, 0.4) is 0 Å². The average Bonchev–Trinajstić information content (AvgIpc) is 2.48. The van der Waals surface area contributed by atoms with Crippen LogP contribution in [-0.4, -0.2) is 29.9 Å². The zero-order valence-corrected chi connectivity index (χ0v) is 14.1. The zero-order chi connectivity index (χ0) is 15.4. The number of anilines is 1. The van der Waals surface area contributed by atoms with Crippen molar-refractivity contribution in [3.8, 4) is 0 Å². The Kier molecular flexibility index (Phi) is 5.20. The molecule has 0 atom stereocenters.